The van der Waals surface area contributed by atoms with Gasteiger partial charge < -0.3 is 10.1 Å². The Bertz CT molecular complexity index is 1080. The van der Waals surface area contributed by atoms with Crippen LogP contribution in [-0.4, -0.2) is 22.2 Å². The number of carbonyl (C=O) groups excluding carboxylic acids is 1. The van der Waals surface area contributed by atoms with Gasteiger partial charge in [-0.25, -0.2) is 4.79 Å². The molecule has 0 aliphatic rings. The van der Waals surface area contributed by atoms with Crippen LogP contribution in [0.15, 0.2) is 45.3 Å². The molecule has 1 amide bonds. The smallest absolute Gasteiger partial charge is 0.332 e. The van der Waals surface area contributed by atoms with E-state index in [1.54, 1.807) is 42.8 Å². The Labute approximate surface area is 159 Å². The molecule has 0 bridgehead atoms. The number of carbonyl (C=O) groups is 1. The van der Waals surface area contributed by atoms with Crippen molar-refractivity contribution in [2.24, 2.45) is 0 Å². The number of amides is 1. The van der Waals surface area contributed by atoms with Gasteiger partial charge in [0.25, 0.3) is 5.56 Å². The van der Waals surface area contributed by atoms with Gasteiger partial charge in [-0.05, 0) is 30.0 Å². The van der Waals surface area contributed by atoms with Crippen LogP contribution in [0.2, 0.25) is 0 Å². The molecule has 1 aromatic carbocycles. The van der Waals surface area contributed by atoms with E-state index in [0.717, 1.165) is 12.8 Å². The number of nitrogens with one attached hydrogen (secondary N) is 1. The fourth-order valence-corrected chi connectivity index (χ4v) is 3.69. The monoisotopic (exact) mass is 387 g/mol. The van der Waals surface area contributed by atoms with Gasteiger partial charge in [-0.3, -0.25) is 18.7 Å². The van der Waals surface area contributed by atoms with Gasteiger partial charge in [-0.15, -0.1) is 11.3 Å². The molecule has 0 saturated carbocycles. The van der Waals surface area contributed by atoms with Crippen LogP contribution in [0, 0.1) is 0 Å². The number of nitrogens with zero attached hydrogens (tertiary/aromatic N) is 2. The van der Waals surface area contributed by atoms with Crippen molar-refractivity contribution in [1.29, 1.82) is 0 Å². The Morgan fingerprint density at radius 1 is 1.22 bits per heavy atom. The fraction of sp³-hybridized carbons (Fsp3) is 0.316. The van der Waals surface area contributed by atoms with Crippen molar-refractivity contribution in [2.75, 3.05) is 12.4 Å². The summed E-state index contributed by atoms with van der Waals surface area (Å²) in [7, 11) is 1.55. The van der Waals surface area contributed by atoms with Crippen molar-refractivity contribution in [2.45, 2.75) is 32.9 Å². The lowest BCUT2D eigenvalue weighted by Crippen LogP contribution is -2.41. The minimum Gasteiger partial charge on any atom is -0.497 e. The molecule has 7 nitrogen and oxygen atoms in total. The maximum absolute atomic E-state index is 12.8. The molecule has 0 fully saturated rings. The third-order valence-electron chi connectivity index (χ3n) is 4.23. The van der Waals surface area contributed by atoms with Crippen LogP contribution in [0.3, 0.4) is 0 Å². The highest BCUT2D eigenvalue weighted by molar-refractivity contribution is 7.17. The number of methoxy groups -OCH3 is 1. The second-order valence-electron chi connectivity index (χ2n) is 6.09. The zero-order valence-corrected chi connectivity index (χ0v) is 16.0. The third kappa shape index (κ3) is 3.95. The fourth-order valence-electron chi connectivity index (χ4n) is 2.84. The zero-order chi connectivity index (χ0) is 19.4. The predicted molar refractivity (Wildman–Crippen MR) is 107 cm³/mol. The molecule has 3 rings (SSSR count). The Morgan fingerprint density at radius 2 is 2.04 bits per heavy atom. The first-order chi connectivity index (χ1) is 13.0. The molecule has 1 N–H and O–H groups in total. The van der Waals surface area contributed by atoms with Crippen LogP contribution in [-0.2, 0) is 17.9 Å². The number of rotatable bonds is 7. The molecule has 0 radical (unpaired) electrons. The van der Waals surface area contributed by atoms with E-state index in [4.69, 9.17) is 4.74 Å². The molecule has 2 heterocycles. The molecule has 8 heteroatoms. The molecule has 0 aliphatic carbocycles. The van der Waals surface area contributed by atoms with E-state index in [2.05, 4.69) is 5.32 Å². The van der Waals surface area contributed by atoms with Crippen LogP contribution in [0.5, 0.6) is 5.75 Å². The van der Waals surface area contributed by atoms with E-state index in [1.165, 1.54) is 20.5 Å². The molecule has 0 aliphatic heterocycles. The maximum atomic E-state index is 12.8. The summed E-state index contributed by atoms with van der Waals surface area (Å²) in [5, 5.41) is 4.52. The highest BCUT2D eigenvalue weighted by Crippen LogP contribution is 2.18. The van der Waals surface area contributed by atoms with Gasteiger partial charge in [0.05, 0.1) is 12.6 Å². The van der Waals surface area contributed by atoms with Crippen molar-refractivity contribution in [3.8, 4) is 5.75 Å². The number of benzene rings is 1. The molecule has 0 unspecified atom stereocenters. The van der Waals surface area contributed by atoms with Crippen LogP contribution in [0.1, 0.15) is 19.8 Å². The number of aromatic nitrogens is 2. The summed E-state index contributed by atoms with van der Waals surface area (Å²) in [5.74, 6) is 0.275. The van der Waals surface area contributed by atoms with E-state index in [9.17, 15) is 14.4 Å². The van der Waals surface area contributed by atoms with Crippen molar-refractivity contribution < 1.29 is 9.53 Å². The lowest BCUT2D eigenvalue weighted by Gasteiger charge is -2.12. The lowest BCUT2D eigenvalue weighted by atomic mass is 10.3. The standard InChI is InChI=1S/C19H21N3O4S/c1-3-4-9-21-18(24)17-15(8-10-27-17)22(19(21)25)12-16(23)20-13-6-5-7-14(11-13)26-2/h5-8,10-11H,3-4,9,12H2,1-2H3,(H,20,23). The Morgan fingerprint density at radius 3 is 2.78 bits per heavy atom. The van der Waals surface area contributed by atoms with E-state index in [0.29, 0.717) is 28.2 Å². The summed E-state index contributed by atoms with van der Waals surface area (Å²) in [6.07, 6.45) is 1.59. The normalized spacial score (nSPS) is 10.9. The molecule has 0 saturated heterocycles. The molecular weight excluding hydrogens is 366 g/mol. The number of fused-ring (bicyclic) bond motifs is 1. The van der Waals surface area contributed by atoms with Crippen LogP contribution in [0.4, 0.5) is 5.69 Å². The van der Waals surface area contributed by atoms with E-state index in [1.807, 2.05) is 6.92 Å². The molecule has 0 atom stereocenters. The highest BCUT2D eigenvalue weighted by atomic mass is 32.1. The molecule has 27 heavy (non-hydrogen) atoms. The topological polar surface area (TPSA) is 82.3 Å². The van der Waals surface area contributed by atoms with Crippen LogP contribution < -0.4 is 21.3 Å². The number of ether oxygens (including phenoxy) is 1. The van der Waals surface area contributed by atoms with Gasteiger partial charge in [0.2, 0.25) is 5.91 Å². The number of hydrogen-bond donors (Lipinski definition) is 1. The van der Waals surface area contributed by atoms with Crippen LogP contribution in [0.25, 0.3) is 10.2 Å². The Balaban J connectivity index is 1.93. The predicted octanol–water partition coefficient (Wildman–Crippen LogP) is 2.67. The highest BCUT2D eigenvalue weighted by Gasteiger charge is 2.16. The van der Waals surface area contributed by atoms with Crippen molar-refractivity contribution in [1.82, 2.24) is 9.13 Å². The van der Waals surface area contributed by atoms with Crippen molar-refractivity contribution in [3.63, 3.8) is 0 Å². The van der Waals surface area contributed by atoms with Gasteiger partial charge in [0.15, 0.2) is 0 Å². The van der Waals surface area contributed by atoms with Gasteiger partial charge in [-0.1, -0.05) is 19.4 Å². The molecule has 0 spiro atoms. The number of unbranched alkanes of at least 4 members (excludes halogenated alkanes) is 1. The van der Waals surface area contributed by atoms with Crippen molar-refractivity contribution >= 4 is 33.1 Å². The minimum atomic E-state index is -0.458. The van der Waals surface area contributed by atoms with E-state index < -0.39 is 5.69 Å². The third-order valence-corrected chi connectivity index (χ3v) is 5.12. The SMILES string of the molecule is CCCCn1c(=O)c2sccc2n(CC(=O)Nc2cccc(OC)c2)c1=O. The summed E-state index contributed by atoms with van der Waals surface area (Å²) in [5.41, 5.74) is 0.319. The zero-order valence-electron chi connectivity index (χ0n) is 15.2. The summed E-state index contributed by atoms with van der Waals surface area (Å²) in [6, 6.07) is 8.68. The number of thiophene rings is 1. The van der Waals surface area contributed by atoms with Crippen molar-refractivity contribution in [3.05, 3.63) is 56.5 Å². The van der Waals surface area contributed by atoms with Gasteiger partial charge >= 0.3 is 5.69 Å². The lowest BCUT2D eigenvalue weighted by molar-refractivity contribution is -0.116. The maximum Gasteiger partial charge on any atom is 0.332 e. The second kappa shape index (κ2) is 8.22. The van der Waals surface area contributed by atoms with Gasteiger partial charge in [0.1, 0.15) is 17.0 Å². The summed E-state index contributed by atoms with van der Waals surface area (Å²) < 4.78 is 8.21. The number of anilines is 1. The summed E-state index contributed by atoms with van der Waals surface area (Å²) in [6.45, 7) is 2.17. The summed E-state index contributed by atoms with van der Waals surface area (Å²) in [4.78, 5) is 37.9. The molecule has 2 aromatic heterocycles. The average Bonchev–Trinajstić information content (AvgIpc) is 3.15. The van der Waals surface area contributed by atoms with E-state index in [-0.39, 0.29) is 18.0 Å². The first kappa shape index (κ1) is 18.9. The summed E-state index contributed by atoms with van der Waals surface area (Å²) >= 11 is 1.28. The Hall–Kier alpha value is -2.87. The largest absolute Gasteiger partial charge is 0.497 e. The molecule has 142 valence electrons. The molecular formula is C19H21N3O4S. The first-order valence-corrected chi connectivity index (χ1v) is 9.58. The minimum absolute atomic E-state index is 0.171. The van der Waals surface area contributed by atoms with Gasteiger partial charge in [0, 0.05) is 18.3 Å². The van der Waals surface area contributed by atoms with Gasteiger partial charge in [-0.2, -0.15) is 0 Å². The number of hydrogen-bond acceptors (Lipinski definition) is 5. The molecule has 3 aromatic rings. The van der Waals surface area contributed by atoms with Crippen LogP contribution >= 0.6 is 11.3 Å². The quantitative estimate of drug-likeness (QED) is 0.676. The second-order valence-corrected chi connectivity index (χ2v) is 7.01. The Kier molecular flexibility index (Phi) is 5.75. The first-order valence-electron chi connectivity index (χ1n) is 8.70. The average molecular weight is 387 g/mol. The van der Waals surface area contributed by atoms with E-state index >= 15 is 0 Å².